The zero-order chi connectivity index (χ0) is 13.4. The van der Waals surface area contributed by atoms with Gasteiger partial charge in [0.1, 0.15) is 5.09 Å². The van der Waals surface area contributed by atoms with Crippen LogP contribution >= 0.6 is 11.8 Å². The second-order valence-corrected chi connectivity index (χ2v) is 5.88. The quantitative estimate of drug-likeness (QED) is 0.569. The van der Waals surface area contributed by atoms with E-state index in [4.69, 9.17) is 4.74 Å². The molecular weight excluding hydrogens is 240 g/mol. The number of thioether (sulfide) groups is 1. The lowest BCUT2D eigenvalue weighted by molar-refractivity contribution is 0.124. The maximum Gasteiger partial charge on any atom is 0.147 e. The molecule has 0 aromatic heterocycles. The molecule has 2 atom stereocenters. The molecule has 0 aliphatic rings. The predicted octanol–water partition coefficient (Wildman–Crippen LogP) is 5.55. The van der Waals surface area contributed by atoms with Gasteiger partial charge in [-0.3, -0.25) is 0 Å². The van der Waals surface area contributed by atoms with E-state index >= 15 is 0 Å². The van der Waals surface area contributed by atoms with Crippen LogP contribution in [0.3, 0.4) is 0 Å². The molecule has 1 aromatic carbocycles. The van der Waals surface area contributed by atoms with Crippen LogP contribution in [0.25, 0.3) is 0 Å². The average molecular weight is 264 g/mol. The van der Waals surface area contributed by atoms with Crippen molar-refractivity contribution in [3.63, 3.8) is 0 Å². The molecule has 18 heavy (non-hydrogen) atoms. The Morgan fingerprint density at radius 3 is 2.50 bits per heavy atom. The number of benzene rings is 1. The Hall–Kier alpha value is -0.890. The van der Waals surface area contributed by atoms with Gasteiger partial charge in [0.25, 0.3) is 0 Å². The minimum absolute atomic E-state index is 0.318. The molecule has 1 aromatic rings. The van der Waals surface area contributed by atoms with Crippen molar-refractivity contribution in [3.05, 3.63) is 47.6 Å². The van der Waals surface area contributed by atoms with Crippen LogP contribution < -0.4 is 0 Å². The molecule has 0 fully saturated rings. The van der Waals surface area contributed by atoms with Crippen molar-refractivity contribution in [3.8, 4) is 0 Å². The largest absolute Gasteiger partial charge is 0.485 e. The summed E-state index contributed by atoms with van der Waals surface area (Å²) < 4.78 is 5.90. The van der Waals surface area contributed by atoms with E-state index in [9.17, 15) is 0 Å². The SMILES string of the molecule is C=C(OC(CC)CCC)SC(C)c1ccccc1. The normalized spacial score (nSPS) is 13.9. The minimum Gasteiger partial charge on any atom is -0.485 e. The third kappa shape index (κ3) is 5.18. The Kier molecular flexibility index (Phi) is 6.96. The first kappa shape index (κ1) is 15.2. The summed E-state index contributed by atoms with van der Waals surface area (Å²) in [6.07, 6.45) is 3.63. The molecule has 2 heteroatoms. The first-order chi connectivity index (χ1) is 8.67. The molecular formula is C16H24OS. The molecule has 1 rings (SSSR count). The number of ether oxygens (including phenoxy) is 1. The molecule has 0 heterocycles. The highest BCUT2D eigenvalue weighted by atomic mass is 32.2. The summed E-state index contributed by atoms with van der Waals surface area (Å²) in [6, 6.07) is 10.5. The first-order valence-electron chi connectivity index (χ1n) is 6.74. The number of hydrogen-bond donors (Lipinski definition) is 0. The summed E-state index contributed by atoms with van der Waals surface area (Å²) >= 11 is 1.71. The maximum atomic E-state index is 5.90. The van der Waals surface area contributed by atoms with Gasteiger partial charge in [0, 0.05) is 5.25 Å². The summed E-state index contributed by atoms with van der Waals surface area (Å²) in [7, 11) is 0. The van der Waals surface area contributed by atoms with Crippen LogP contribution in [0.15, 0.2) is 42.0 Å². The molecule has 0 spiro atoms. The van der Waals surface area contributed by atoms with Crippen LogP contribution in [0.2, 0.25) is 0 Å². The van der Waals surface area contributed by atoms with Crippen molar-refractivity contribution < 1.29 is 4.74 Å². The fourth-order valence-corrected chi connectivity index (χ4v) is 2.75. The van der Waals surface area contributed by atoms with Crippen molar-refractivity contribution in [2.45, 2.75) is 51.4 Å². The van der Waals surface area contributed by atoms with Crippen LogP contribution in [-0.4, -0.2) is 6.10 Å². The van der Waals surface area contributed by atoms with E-state index in [0.717, 1.165) is 24.4 Å². The van der Waals surface area contributed by atoms with E-state index in [1.54, 1.807) is 11.8 Å². The van der Waals surface area contributed by atoms with Gasteiger partial charge in [-0.05, 0) is 31.9 Å². The van der Waals surface area contributed by atoms with E-state index in [2.05, 4.69) is 51.6 Å². The second kappa shape index (κ2) is 8.25. The van der Waals surface area contributed by atoms with Gasteiger partial charge in [-0.1, -0.05) is 62.4 Å². The zero-order valence-electron chi connectivity index (χ0n) is 11.7. The molecule has 0 saturated carbocycles. The van der Waals surface area contributed by atoms with Crippen molar-refractivity contribution in [2.24, 2.45) is 0 Å². The Morgan fingerprint density at radius 1 is 1.28 bits per heavy atom. The standard InChI is InChI=1S/C16H24OS/c1-5-10-16(6-2)17-14(4)18-13(3)15-11-8-7-9-12-15/h7-9,11-13,16H,4-6,10H2,1-3H3. The van der Waals surface area contributed by atoms with Crippen molar-refractivity contribution >= 4 is 11.8 Å². The summed E-state index contributed by atoms with van der Waals surface area (Å²) in [6.45, 7) is 10.6. The highest BCUT2D eigenvalue weighted by molar-refractivity contribution is 8.03. The van der Waals surface area contributed by atoms with Gasteiger partial charge in [-0.25, -0.2) is 0 Å². The lowest BCUT2D eigenvalue weighted by Crippen LogP contribution is -2.09. The van der Waals surface area contributed by atoms with Gasteiger partial charge in [0.05, 0.1) is 6.10 Å². The van der Waals surface area contributed by atoms with E-state index in [0.29, 0.717) is 11.4 Å². The highest BCUT2D eigenvalue weighted by Gasteiger charge is 2.12. The lowest BCUT2D eigenvalue weighted by atomic mass is 10.2. The van der Waals surface area contributed by atoms with Gasteiger partial charge < -0.3 is 4.74 Å². The second-order valence-electron chi connectivity index (χ2n) is 4.48. The highest BCUT2D eigenvalue weighted by Crippen LogP contribution is 2.34. The van der Waals surface area contributed by atoms with Crippen LogP contribution in [0.4, 0.5) is 0 Å². The molecule has 2 unspecified atom stereocenters. The van der Waals surface area contributed by atoms with Crippen molar-refractivity contribution in [1.29, 1.82) is 0 Å². The number of hydrogen-bond acceptors (Lipinski definition) is 2. The van der Waals surface area contributed by atoms with Crippen molar-refractivity contribution in [1.82, 2.24) is 0 Å². The molecule has 1 nitrogen and oxygen atoms in total. The maximum absolute atomic E-state index is 5.90. The van der Waals surface area contributed by atoms with Gasteiger partial charge >= 0.3 is 0 Å². The molecule has 0 bridgehead atoms. The molecule has 0 saturated heterocycles. The van der Waals surface area contributed by atoms with Gasteiger partial charge in [-0.15, -0.1) is 0 Å². The Morgan fingerprint density at radius 2 is 1.94 bits per heavy atom. The van der Waals surface area contributed by atoms with Crippen LogP contribution in [0.1, 0.15) is 50.8 Å². The predicted molar refractivity (Wildman–Crippen MR) is 81.7 cm³/mol. The molecule has 0 radical (unpaired) electrons. The molecule has 0 aliphatic carbocycles. The summed E-state index contributed by atoms with van der Waals surface area (Å²) in [5.41, 5.74) is 1.32. The van der Waals surface area contributed by atoms with E-state index in [1.807, 2.05) is 6.07 Å². The molecule has 0 aliphatic heterocycles. The van der Waals surface area contributed by atoms with E-state index in [-0.39, 0.29) is 0 Å². The summed E-state index contributed by atoms with van der Waals surface area (Å²) in [5, 5.41) is 1.23. The monoisotopic (exact) mass is 264 g/mol. The van der Waals surface area contributed by atoms with E-state index < -0.39 is 0 Å². The lowest BCUT2D eigenvalue weighted by Gasteiger charge is -2.20. The summed E-state index contributed by atoms with van der Waals surface area (Å²) in [4.78, 5) is 0. The fourth-order valence-electron chi connectivity index (χ4n) is 1.87. The third-order valence-corrected chi connectivity index (χ3v) is 3.93. The van der Waals surface area contributed by atoms with E-state index in [1.165, 1.54) is 5.56 Å². The summed E-state index contributed by atoms with van der Waals surface area (Å²) in [5.74, 6) is 0. The van der Waals surface area contributed by atoms with Crippen LogP contribution in [0, 0.1) is 0 Å². The third-order valence-electron chi connectivity index (χ3n) is 2.94. The molecule has 0 N–H and O–H groups in total. The topological polar surface area (TPSA) is 9.23 Å². The minimum atomic E-state index is 0.318. The van der Waals surface area contributed by atoms with Crippen LogP contribution in [0.5, 0.6) is 0 Å². The fraction of sp³-hybridized carbons (Fsp3) is 0.500. The number of rotatable bonds is 8. The van der Waals surface area contributed by atoms with Gasteiger partial charge in [0.2, 0.25) is 0 Å². The molecule has 0 amide bonds. The first-order valence-corrected chi connectivity index (χ1v) is 7.62. The molecule has 100 valence electrons. The Balaban J connectivity index is 2.44. The Labute approximate surface area is 116 Å². The van der Waals surface area contributed by atoms with Gasteiger partial charge in [-0.2, -0.15) is 0 Å². The zero-order valence-corrected chi connectivity index (χ0v) is 12.5. The van der Waals surface area contributed by atoms with Crippen LogP contribution in [-0.2, 0) is 4.74 Å². The average Bonchev–Trinajstić information content (AvgIpc) is 2.39. The smallest absolute Gasteiger partial charge is 0.147 e. The van der Waals surface area contributed by atoms with Gasteiger partial charge in [0.15, 0.2) is 0 Å². The Bertz CT molecular complexity index is 347. The van der Waals surface area contributed by atoms with Crippen molar-refractivity contribution in [2.75, 3.05) is 0 Å².